The lowest BCUT2D eigenvalue weighted by atomic mass is 9.97. The maximum absolute atomic E-state index is 11.2. The number of piperidine rings is 1. The molecule has 0 spiro atoms. The molecule has 1 heterocycles. The van der Waals surface area contributed by atoms with Crippen LogP contribution in [0, 0.1) is 16.0 Å². The quantitative estimate of drug-likeness (QED) is 0.654. The average Bonchev–Trinajstić information content (AvgIpc) is 2.39. The SMILES string of the molecule is NC(=O)[C@H]1CCCN(Cc2ccccc2[N+](=O)[O-])C1. The summed E-state index contributed by atoms with van der Waals surface area (Å²) in [5.41, 5.74) is 6.13. The highest BCUT2D eigenvalue weighted by molar-refractivity contribution is 5.76. The first-order valence-electron chi connectivity index (χ1n) is 6.32. The van der Waals surface area contributed by atoms with Gasteiger partial charge in [0.1, 0.15) is 0 Å². The molecule has 0 aromatic heterocycles. The van der Waals surface area contributed by atoms with Crippen molar-refractivity contribution in [3.05, 3.63) is 39.9 Å². The number of rotatable bonds is 4. The van der Waals surface area contributed by atoms with Gasteiger partial charge in [-0.25, -0.2) is 0 Å². The fraction of sp³-hybridized carbons (Fsp3) is 0.462. The molecular formula is C13H17N3O3. The van der Waals surface area contributed by atoms with E-state index < -0.39 is 0 Å². The lowest BCUT2D eigenvalue weighted by Crippen LogP contribution is -2.40. The van der Waals surface area contributed by atoms with Crippen molar-refractivity contribution in [3.8, 4) is 0 Å². The number of nitrogens with zero attached hydrogens (tertiary/aromatic N) is 2. The maximum Gasteiger partial charge on any atom is 0.273 e. The number of nitro benzene ring substituents is 1. The van der Waals surface area contributed by atoms with E-state index in [0.717, 1.165) is 19.4 Å². The molecule has 1 aromatic carbocycles. The molecule has 0 unspecified atom stereocenters. The van der Waals surface area contributed by atoms with E-state index in [1.165, 1.54) is 6.07 Å². The molecule has 102 valence electrons. The van der Waals surface area contributed by atoms with Gasteiger partial charge in [-0.3, -0.25) is 19.8 Å². The smallest absolute Gasteiger partial charge is 0.273 e. The molecule has 1 aliphatic rings. The van der Waals surface area contributed by atoms with Crippen molar-refractivity contribution >= 4 is 11.6 Å². The molecule has 1 saturated heterocycles. The highest BCUT2D eigenvalue weighted by Gasteiger charge is 2.25. The molecule has 1 amide bonds. The van der Waals surface area contributed by atoms with Gasteiger partial charge >= 0.3 is 0 Å². The molecule has 0 radical (unpaired) electrons. The summed E-state index contributed by atoms with van der Waals surface area (Å²) in [6.07, 6.45) is 1.71. The van der Waals surface area contributed by atoms with Gasteiger partial charge in [-0.05, 0) is 19.4 Å². The molecule has 1 aliphatic heterocycles. The second-order valence-electron chi connectivity index (χ2n) is 4.86. The Hall–Kier alpha value is -1.95. The highest BCUT2D eigenvalue weighted by atomic mass is 16.6. The summed E-state index contributed by atoms with van der Waals surface area (Å²) in [5, 5.41) is 10.9. The summed E-state index contributed by atoms with van der Waals surface area (Å²) in [7, 11) is 0. The van der Waals surface area contributed by atoms with Crippen molar-refractivity contribution < 1.29 is 9.72 Å². The topological polar surface area (TPSA) is 89.5 Å². The highest BCUT2D eigenvalue weighted by Crippen LogP contribution is 2.23. The summed E-state index contributed by atoms with van der Waals surface area (Å²) in [6.45, 7) is 1.91. The van der Waals surface area contributed by atoms with Gasteiger partial charge in [-0.1, -0.05) is 18.2 Å². The summed E-state index contributed by atoms with van der Waals surface area (Å²) >= 11 is 0. The average molecular weight is 263 g/mol. The number of hydrogen-bond acceptors (Lipinski definition) is 4. The molecule has 19 heavy (non-hydrogen) atoms. The van der Waals surface area contributed by atoms with Crippen molar-refractivity contribution in [1.29, 1.82) is 0 Å². The van der Waals surface area contributed by atoms with Gasteiger partial charge in [0.2, 0.25) is 5.91 Å². The van der Waals surface area contributed by atoms with Crippen LogP contribution in [0.4, 0.5) is 5.69 Å². The van der Waals surface area contributed by atoms with Crippen LogP contribution in [0.3, 0.4) is 0 Å². The van der Waals surface area contributed by atoms with E-state index in [9.17, 15) is 14.9 Å². The van der Waals surface area contributed by atoms with Crippen LogP contribution in [0.1, 0.15) is 18.4 Å². The molecule has 2 N–H and O–H groups in total. The molecule has 1 atom stereocenters. The molecule has 6 nitrogen and oxygen atoms in total. The zero-order chi connectivity index (χ0) is 13.8. The third-order valence-corrected chi connectivity index (χ3v) is 3.49. The van der Waals surface area contributed by atoms with E-state index in [1.807, 2.05) is 0 Å². The Morgan fingerprint density at radius 2 is 2.21 bits per heavy atom. The number of amides is 1. The van der Waals surface area contributed by atoms with Crippen molar-refractivity contribution in [1.82, 2.24) is 4.90 Å². The second kappa shape index (κ2) is 5.79. The van der Waals surface area contributed by atoms with Gasteiger partial charge in [0.05, 0.1) is 10.8 Å². The van der Waals surface area contributed by atoms with Crippen LogP contribution in [0.5, 0.6) is 0 Å². The summed E-state index contributed by atoms with van der Waals surface area (Å²) in [5.74, 6) is -0.427. The first-order valence-corrected chi connectivity index (χ1v) is 6.32. The van der Waals surface area contributed by atoms with E-state index in [-0.39, 0.29) is 22.4 Å². The molecule has 1 fully saturated rings. The third-order valence-electron chi connectivity index (χ3n) is 3.49. The van der Waals surface area contributed by atoms with Crippen LogP contribution >= 0.6 is 0 Å². The Bertz CT molecular complexity index is 490. The molecule has 6 heteroatoms. The van der Waals surface area contributed by atoms with Crippen molar-refractivity contribution in [3.63, 3.8) is 0 Å². The molecular weight excluding hydrogens is 246 g/mol. The molecule has 1 aromatic rings. The Morgan fingerprint density at radius 3 is 2.89 bits per heavy atom. The van der Waals surface area contributed by atoms with Gasteiger partial charge in [0, 0.05) is 24.7 Å². The number of benzene rings is 1. The third kappa shape index (κ3) is 3.29. The van der Waals surface area contributed by atoms with Gasteiger partial charge in [0.15, 0.2) is 0 Å². The van der Waals surface area contributed by atoms with E-state index in [4.69, 9.17) is 5.73 Å². The van der Waals surface area contributed by atoms with Crippen molar-refractivity contribution in [2.75, 3.05) is 13.1 Å². The van der Waals surface area contributed by atoms with Gasteiger partial charge in [-0.2, -0.15) is 0 Å². The Balaban J connectivity index is 2.09. The normalized spacial score (nSPS) is 20.1. The number of hydrogen-bond donors (Lipinski definition) is 1. The first-order chi connectivity index (χ1) is 9.08. The standard InChI is InChI=1S/C13H17N3O3/c14-13(17)11-5-3-7-15(9-11)8-10-4-1-2-6-12(10)16(18)19/h1-2,4,6,11H,3,5,7-9H2,(H2,14,17)/t11-/m0/s1. The van der Waals surface area contributed by atoms with Crippen molar-refractivity contribution in [2.24, 2.45) is 11.7 Å². The summed E-state index contributed by atoms with van der Waals surface area (Å²) in [4.78, 5) is 23.9. The van der Waals surface area contributed by atoms with Gasteiger partial charge in [-0.15, -0.1) is 0 Å². The number of carbonyl (C=O) groups is 1. The number of carbonyl (C=O) groups excluding carboxylic acids is 1. The van der Waals surface area contributed by atoms with Crippen LogP contribution in [-0.4, -0.2) is 28.8 Å². The fourth-order valence-electron chi connectivity index (χ4n) is 2.49. The van der Waals surface area contributed by atoms with E-state index >= 15 is 0 Å². The summed E-state index contributed by atoms with van der Waals surface area (Å²) in [6, 6.07) is 6.71. The van der Waals surface area contributed by atoms with E-state index in [0.29, 0.717) is 18.7 Å². The second-order valence-corrected chi connectivity index (χ2v) is 4.86. The zero-order valence-corrected chi connectivity index (χ0v) is 10.6. The van der Waals surface area contributed by atoms with E-state index in [1.54, 1.807) is 18.2 Å². The maximum atomic E-state index is 11.2. The van der Waals surface area contributed by atoms with Crippen molar-refractivity contribution in [2.45, 2.75) is 19.4 Å². The van der Waals surface area contributed by atoms with Crippen LogP contribution in [0.15, 0.2) is 24.3 Å². The van der Waals surface area contributed by atoms with Crippen LogP contribution in [-0.2, 0) is 11.3 Å². The number of primary amides is 1. The molecule has 2 rings (SSSR count). The van der Waals surface area contributed by atoms with Crippen LogP contribution in [0.2, 0.25) is 0 Å². The number of nitro groups is 1. The molecule has 0 bridgehead atoms. The Kier molecular flexibility index (Phi) is 4.11. The minimum absolute atomic E-state index is 0.128. The summed E-state index contributed by atoms with van der Waals surface area (Å²) < 4.78 is 0. The minimum Gasteiger partial charge on any atom is -0.369 e. The number of likely N-dealkylation sites (tertiary alicyclic amines) is 1. The van der Waals surface area contributed by atoms with Crippen LogP contribution in [0.25, 0.3) is 0 Å². The zero-order valence-electron chi connectivity index (χ0n) is 10.6. The minimum atomic E-state index is -0.370. The van der Waals surface area contributed by atoms with E-state index in [2.05, 4.69) is 4.90 Å². The fourth-order valence-corrected chi connectivity index (χ4v) is 2.49. The Labute approximate surface area is 111 Å². The Morgan fingerprint density at radius 1 is 1.47 bits per heavy atom. The predicted octanol–water partition coefficient (Wildman–Crippen LogP) is 1.29. The lowest BCUT2D eigenvalue weighted by molar-refractivity contribution is -0.385. The number of para-hydroxylation sites is 1. The van der Waals surface area contributed by atoms with Crippen LogP contribution < -0.4 is 5.73 Å². The predicted molar refractivity (Wildman–Crippen MR) is 70.3 cm³/mol. The largest absolute Gasteiger partial charge is 0.369 e. The van der Waals surface area contributed by atoms with Gasteiger partial charge < -0.3 is 5.73 Å². The molecule has 0 saturated carbocycles. The molecule has 0 aliphatic carbocycles. The number of nitrogens with two attached hydrogens (primary N) is 1. The monoisotopic (exact) mass is 263 g/mol. The van der Waals surface area contributed by atoms with Gasteiger partial charge in [0.25, 0.3) is 5.69 Å². The first kappa shape index (κ1) is 13.5. The lowest BCUT2D eigenvalue weighted by Gasteiger charge is -2.30.